The summed E-state index contributed by atoms with van der Waals surface area (Å²) >= 11 is 2.76. The van der Waals surface area contributed by atoms with Crippen molar-refractivity contribution >= 4 is 43.9 Å². The van der Waals surface area contributed by atoms with Crippen molar-refractivity contribution in [1.29, 1.82) is 0 Å². The fraction of sp³-hybridized carbons (Fsp3) is 0.375. The van der Waals surface area contributed by atoms with Gasteiger partial charge in [0.2, 0.25) is 11.0 Å². The van der Waals surface area contributed by atoms with Crippen LogP contribution >= 0.6 is 22.7 Å². The van der Waals surface area contributed by atoms with Crippen molar-refractivity contribution in [2.24, 2.45) is 0 Å². The van der Waals surface area contributed by atoms with Crippen molar-refractivity contribution in [1.82, 2.24) is 19.7 Å². The van der Waals surface area contributed by atoms with Crippen LogP contribution in [-0.4, -0.2) is 32.3 Å². The molecule has 4 heterocycles. The number of ether oxygens (including phenoxy) is 1. The van der Waals surface area contributed by atoms with Gasteiger partial charge in [0, 0.05) is 17.6 Å². The Morgan fingerprint density at radius 1 is 1.18 bits per heavy atom. The fourth-order valence-corrected chi connectivity index (χ4v) is 6.44. The van der Waals surface area contributed by atoms with E-state index < -0.39 is 0 Å². The number of aromatic nitrogens is 4. The fourth-order valence-electron chi connectivity index (χ4n) is 4.69. The van der Waals surface area contributed by atoms with Crippen LogP contribution in [0.4, 0.5) is 5.13 Å². The highest BCUT2D eigenvalue weighted by atomic mass is 32.1. The van der Waals surface area contributed by atoms with Gasteiger partial charge in [0.15, 0.2) is 0 Å². The molecule has 1 atom stereocenters. The van der Waals surface area contributed by atoms with E-state index in [1.54, 1.807) is 0 Å². The standard InChI is InChI=1S/C24H23N5O3S2/c30-19(26-24-28-27-21(34-24)18-6-3-9-32-18)11-29-13-25-22-20(23(29)31)17(12-33-22)16-8-7-14-4-1-2-5-15(14)10-16/h7-8,10,12-13,18H,1-6,9,11H2,(H,26,28,30). The smallest absolute Gasteiger partial charge is 0.263 e. The number of carbonyl (C=O) groups excluding carboxylic acids is 1. The van der Waals surface area contributed by atoms with Gasteiger partial charge in [0.25, 0.3) is 5.56 Å². The number of hydrogen-bond acceptors (Lipinski definition) is 8. The number of fused-ring (bicyclic) bond motifs is 2. The molecule has 34 heavy (non-hydrogen) atoms. The summed E-state index contributed by atoms with van der Waals surface area (Å²) in [4.78, 5) is 31.1. The van der Waals surface area contributed by atoms with Crippen LogP contribution in [0, 0.1) is 0 Å². The first-order valence-corrected chi connectivity index (χ1v) is 13.2. The maximum atomic E-state index is 13.3. The average Bonchev–Trinajstić information content (AvgIpc) is 3.61. The van der Waals surface area contributed by atoms with Crippen molar-refractivity contribution in [3.05, 3.63) is 56.4 Å². The maximum Gasteiger partial charge on any atom is 0.263 e. The van der Waals surface area contributed by atoms with Crippen molar-refractivity contribution in [3.63, 3.8) is 0 Å². The Morgan fingerprint density at radius 3 is 2.91 bits per heavy atom. The second kappa shape index (κ2) is 9.01. The van der Waals surface area contributed by atoms with Crippen LogP contribution in [0.25, 0.3) is 21.3 Å². The van der Waals surface area contributed by atoms with Gasteiger partial charge in [-0.05, 0) is 55.2 Å². The first-order valence-electron chi connectivity index (χ1n) is 11.5. The molecule has 174 valence electrons. The number of nitrogens with zero attached hydrogens (tertiary/aromatic N) is 4. The monoisotopic (exact) mass is 493 g/mol. The predicted octanol–water partition coefficient (Wildman–Crippen LogP) is 4.35. The summed E-state index contributed by atoms with van der Waals surface area (Å²) < 4.78 is 6.98. The lowest BCUT2D eigenvalue weighted by atomic mass is 9.89. The minimum atomic E-state index is -0.344. The minimum absolute atomic E-state index is 0.0435. The van der Waals surface area contributed by atoms with Gasteiger partial charge in [-0.25, -0.2) is 4.98 Å². The topological polar surface area (TPSA) is 99.0 Å². The normalized spacial score (nSPS) is 17.7. The molecule has 0 spiro atoms. The lowest BCUT2D eigenvalue weighted by Gasteiger charge is -2.16. The number of aryl methyl sites for hydroxylation is 2. The van der Waals surface area contributed by atoms with Crippen molar-refractivity contribution in [3.8, 4) is 11.1 Å². The minimum Gasteiger partial charge on any atom is -0.371 e. The molecule has 1 aliphatic heterocycles. The van der Waals surface area contributed by atoms with E-state index in [9.17, 15) is 9.59 Å². The summed E-state index contributed by atoms with van der Waals surface area (Å²) in [5, 5.41) is 14.7. The van der Waals surface area contributed by atoms with Crippen molar-refractivity contribution < 1.29 is 9.53 Å². The number of rotatable bonds is 5. The summed E-state index contributed by atoms with van der Waals surface area (Å²) in [5.74, 6) is -0.344. The molecule has 8 nitrogen and oxygen atoms in total. The second-order valence-electron chi connectivity index (χ2n) is 8.69. The zero-order valence-corrected chi connectivity index (χ0v) is 20.1. The van der Waals surface area contributed by atoms with Crippen LogP contribution in [-0.2, 0) is 28.9 Å². The van der Waals surface area contributed by atoms with Crippen LogP contribution in [0.2, 0.25) is 0 Å². The van der Waals surface area contributed by atoms with Gasteiger partial charge in [0.1, 0.15) is 22.5 Å². The third-order valence-electron chi connectivity index (χ3n) is 6.43. The van der Waals surface area contributed by atoms with Gasteiger partial charge in [-0.15, -0.1) is 21.5 Å². The van der Waals surface area contributed by atoms with Gasteiger partial charge in [-0.2, -0.15) is 0 Å². The summed E-state index contributed by atoms with van der Waals surface area (Å²) in [7, 11) is 0. The second-order valence-corrected chi connectivity index (χ2v) is 10.6. The molecule has 0 radical (unpaired) electrons. The third-order valence-corrected chi connectivity index (χ3v) is 8.24. The Kier molecular flexibility index (Phi) is 5.72. The number of nitrogens with one attached hydrogen (secondary N) is 1. The summed E-state index contributed by atoms with van der Waals surface area (Å²) in [5.41, 5.74) is 4.47. The summed E-state index contributed by atoms with van der Waals surface area (Å²) in [6, 6.07) is 6.49. The molecule has 0 saturated carbocycles. The highest BCUT2D eigenvalue weighted by Crippen LogP contribution is 2.34. The van der Waals surface area contributed by atoms with Gasteiger partial charge < -0.3 is 4.74 Å². The molecular formula is C24H23N5O3S2. The van der Waals surface area contributed by atoms with Crippen LogP contribution in [0.1, 0.15) is 47.9 Å². The first kappa shape index (κ1) is 21.6. The zero-order chi connectivity index (χ0) is 23.1. The number of anilines is 1. The van der Waals surface area contributed by atoms with Gasteiger partial charge in [-0.3, -0.25) is 19.5 Å². The lowest BCUT2D eigenvalue weighted by molar-refractivity contribution is -0.116. The van der Waals surface area contributed by atoms with E-state index in [2.05, 4.69) is 38.7 Å². The van der Waals surface area contributed by atoms with Crippen molar-refractivity contribution in [2.75, 3.05) is 11.9 Å². The first-order chi connectivity index (χ1) is 16.7. The van der Waals surface area contributed by atoms with E-state index in [0.717, 1.165) is 48.4 Å². The lowest BCUT2D eigenvalue weighted by Crippen LogP contribution is -2.27. The molecule has 1 unspecified atom stereocenters. The van der Waals surface area contributed by atoms with E-state index >= 15 is 0 Å². The number of thiophene rings is 1. The molecule has 1 aliphatic carbocycles. The largest absolute Gasteiger partial charge is 0.371 e. The Labute approximate surface area is 203 Å². The van der Waals surface area contributed by atoms with E-state index in [0.29, 0.717) is 15.3 Å². The highest BCUT2D eigenvalue weighted by molar-refractivity contribution is 7.17. The number of carbonyl (C=O) groups is 1. The Balaban J connectivity index is 1.25. The molecule has 2 aliphatic rings. The van der Waals surface area contributed by atoms with Crippen LogP contribution in [0.3, 0.4) is 0 Å². The maximum absolute atomic E-state index is 13.3. The molecule has 4 aromatic rings. The zero-order valence-electron chi connectivity index (χ0n) is 18.5. The number of amides is 1. The van der Waals surface area contributed by atoms with Crippen LogP contribution in [0.5, 0.6) is 0 Å². The Morgan fingerprint density at radius 2 is 2.06 bits per heavy atom. The number of benzene rings is 1. The molecule has 1 aromatic carbocycles. The molecule has 6 rings (SSSR count). The van der Waals surface area contributed by atoms with Crippen molar-refractivity contribution in [2.45, 2.75) is 51.2 Å². The molecule has 1 N–H and O–H groups in total. The van der Waals surface area contributed by atoms with E-state index in [4.69, 9.17) is 4.74 Å². The molecule has 1 fully saturated rings. The van der Waals surface area contributed by atoms with Crippen LogP contribution in [0.15, 0.2) is 34.7 Å². The highest BCUT2D eigenvalue weighted by Gasteiger charge is 2.23. The molecule has 1 amide bonds. The summed E-state index contributed by atoms with van der Waals surface area (Å²) in [6.07, 6.45) is 7.94. The molecule has 0 bridgehead atoms. The molecule has 3 aromatic heterocycles. The van der Waals surface area contributed by atoms with Gasteiger partial charge in [0.05, 0.1) is 11.7 Å². The molecular weight excluding hydrogens is 470 g/mol. The summed E-state index contributed by atoms with van der Waals surface area (Å²) in [6.45, 7) is 0.580. The quantitative estimate of drug-likeness (QED) is 0.444. The Bertz CT molecular complexity index is 1430. The van der Waals surface area contributed by atoms with Gasteiger partial charge >= 0.3 is 0 Å². The SMILES string of the molecule is O=C(Cn1cnc2scc(-c3ccc4c(c3)CCCC4)c2c1=O)Nc1nnc(C2CCCO2)s1. The van der Waals surface area contributed by atoms with E-state index in [1.807, 2.05) is 5.38 Å². The van der Waals surface area contributed by atoms with Crippen LogP contribution < -0.4 is 10.9 Å². The Hall–Kier alpha value is -2.95. The predicted molar refractivity (Wildman–Crippen MR) is 132 cm³/mol. The van der Waals surface area contributed by atoms with E-state index in [1.165, 1.54) is 57.5 Å². The molecule has 10 heteroatoms. The number of hydrogen-bond donors (Lipinski definition) is 1. The van der Waals surface area contributed by atoms with Gasteiger partial charge in [-0.1, -0.05) is 29.5 Å². The molecule has 1 saturated heterocycles. The average molecular weight is 494 g/mol. The third kappa shape index (κ3) is 4.06. The van der Waals surface area contributed by atoms with E-state index in [-0.39, 0.29) is 24.1 Å².